The van der Waals surface area contributed by atoms with Crippen molar-refractivity contribution in [2.75, 3.05) is 0 Å². The normalized spacial score (nSPS) is 11.3. The fourth-order valence-corrected chi connectivity index (χ4v) is 2.02. The molecule has 0 saturated carbocycles. The number of phenols is 1. The lowest BCUT2D eigenvalue weighted by molar-refractivity contribution is 0.108. The van der Waals surface area contributed by atoms with E-state index in [4.69, 9.17) is 4.74 Å². The largest absolute Gasteiger partial charge is 0.508 e. The van der Waals surface area contributed by atoms with Gasteiger partial charge < -0.3 is 9.84 Å². The first-order valence-corrected chi connectivity index (χ1v) is 6.51. The van der Waals surface area contributed by atoms with E-state index in [0.717, 1.165) is 10.0 Å². The molecule has 18 heavy (non-hydrogen) atoms. The van der Waals surface area contributed by atoms with E-state index in [9.17, 15) is 5.11 Å². The van der Waals surface area contributed by atoms with E-state index < -0.39 is 5.60 Å². The minimum atomic E-state index is -0.450. The highest BCUT2D eigenvalue weighted by atomic mass is 79.9. The Kier molecular flexibility index (Phi) is 3.62. The number of ether oxygens (including phenoxy) is 1. The highest BCUT2D eigenvalue weighted by molar-refractivity contribution is 9.10. The fraction of sp³-hybridized carbons (Fsp3) is 0.200. The topological polar surface area (TPSA) is 29.5 Å². The van der Waals surface area contributed by atoms with Crippen LogP contribution in [0.15, 0.2) is 53.0 Å². The van der Waals surface area contributed by atoms with Gasteiger partial charge in [0.25, 0.3) is 0 Å². The molecule has 0 saturated heterocycles. The second-order valence-corrected chi connectivity index (χ2v) is 5.53. The van der Waals surface area contributed by atoms with Crippen LogP contribution in [-0.4, -0.2) is 5.11 Å². The molecule has 2 rings (SSSR count). The Morgan fingerprint density at radius 3 is 2.33 bits per heavy atom. The summed E-state index contributed by atoms with van der Waals surface area (Å²) in [5, 5.41) is 9.43. The molecule has 0 aliphatic carbocycles. The Hall–Kier alpha value is -1.48. The third kappa shape index (κ3) is 3.05. The van der Waals surface area contributed by atoms with E-state index in [2.05, 4.69) is 15.9 Å². The van der Waals surface area contributed by atoms with Crippen molar-refractivity contribution in [2.24, 2.45) is 0 Å². The Labute approximate surface area is 115 Å². The number of hydrogen-bond acceptors (Lipinski definition) is 2. The van der Waals surface area contributed by atoms with E-state index in [1.807, 2.05) is 44.2 Å². The minimum Gasteiger partial charge on any atom is -0.508 e. The molecule has 0 atom stereocenters. The van der Waals surface area contributed by atoms with Crippen LogP contribution in [0.2, 0.25) is 0 Å². The number of aromatic hydroxyl groups is 1. The molecule has 0 heterocycles. The second kappa shape index (κ2) is 5.02. The van der Waals surface area contributed by atoms with Gasteiger partial charge in [0.15, 0.2) is 0 Å². The van der Waals surface area contributed by atoms with Gasteiger partial charge in [-0.3, -0.25) is 0 Å². The zero-order valence-electron chi connectivity index (χ0n) is 10.4. The molecule has 0 spiro atoms. The molecule has 0 bridgehead atoms. The van der Waals surface area contributed by atoms with Crippen LogP contribution in [0.25, 0.3) is 0 Å². The molecule has 94 valence electrons. The lowest BCUT2D eigenvalue weighted by Gasteiger charge is -2.27. The van der Waals surface area contributed by atoms with Crippen LogP contribution in [0.4, 0.5) is 0 Å². The molecular weight excluding hydrogens is 292 g/mol. The zero-order valence-corrected chi connectivity index (χ0v) is 11.9. The van der Waals surface area contributed by atoms with Crippen LogP contribution in [0, 0.1) is 0 Å². The van der Waals surface area contributed by atoms with Gasteiger partial charge in [0.1, 0.15) is 17.1 Å². The van der Waals surface area contributed by atoms with Crippen LogP contribution in [-0.2, 0) is 5.60 Å². The molecule has 0 unspecified atom stereocenters. The van der Waals surface area contributed by atoms with Crippen molar-refractivity contribution in [3.05, 3.63) is 58.6 Å². The van der Waals surface area contributed by atoms with Crippen LogP contribution in [0.3, 0.4) is 0 Å². The van der Waals surface area contributed by atoms with Gasteiger partial charge in [-0.1, -0.05) is 34.1 Å². The Morgan fingerprint density at radius 2 is 1.72 bits per heavy atom. The zero-order chi connectivity index (χ0) is 13.2. The van der Waals surface area contributed by atoms with Gasteiger partial charge in [-0.05, 0) is 43.7 Å². The molecule has 2 aromatic rings. The first-order valence-electron chi connectivity index (χ1n) is 5.71. The molecule has 2 nitrogen and oxygen atoms in total. The predicted octanol–water partition coefficient (Wildman–Crippen LogP) is 4.47. The third-order valence-electron chi connectivity index (χ3n) is 2.73. The molecule has 2 aromatic carbocycles. The van der Waals surface area contributed by atoms with Gasteiger partial charge in [-0.15, -0.1) is 0 Å². The molecule has 0 aromatic heterocycles. The lowest BCUT2D eigenvalue weighted by atomic mass is 9.98. The molecule has 0 radical (unpaired) electrons. The quantitative estimate of drug-likeness (QED) is 0.906. The average molecular weight is 307 g/mol. The van der Waals surface area contributed by atoms with Crippen LogP contribution in [0.5, 0.6) is 11.5 Å². The molecule has 0 fully saturated rings. The number of hydrogen-bond donors (Lipinski definition) is 1. The SMILES string of the molecule is CC(C)(Oc1cccc(O)c1)c1ccc(Br)cc1. The van der Waals surface area contributed by atoms with E-state index in [1.165, 1.54) is 0 Å². The summed E-state index contributed by atoms with van der Waals surface area (Å²) in [5.74, 6) is 0.863. The summed E-state index contributed by atoms with van der Waals surface area (Å²) in [6.45, 7) is 4.00. The van der Waals surface area contributed by atoms with Crippen molar-refractivity contribution >= 4 is 15.9 Å². The molecule has 0 aliphatic rings. The summed E-state index contributed by atoms with van der Waals surface area (Å²) >= 11 is 3.41. The highest BCUT2D eigenvalue weighted by Crippen LogP contribution is 2.29. The van der Waals surface area contributed by atoms with Crippen molar-refractivity contribution in [3.63, 3.8) is 0 Å². The first-order chi connectivity index (χ1) is 8.47. The van der Waals surface area contributed by atoms with Gasteiger partial charge in [-0.25, -0.2) is 0 Å². The number of benzene rings is 2. The Morgan fingerprint density at radius 1 is 1.06 bits per heavy atom. The summed E-state index contributed by atoms with van der Waals surface area (Å²) in [5.41, 5.74) is 0.628. The number of halogens is 1. The first kappa shape index (κ1) is 13.0. The number of phenolic OH excluding ortho intramolecular Hbond substituents is 1. The maximum absolute atomic E-state index is 9.43. The summed E-state index contributed by atoms with van der Waals surface area (Å²) in [6.07, 6.45) is 0. The Bertz CT molecular complexity index is 532. The van der Waals surface area contributed by atoms with E-state index in [1.54, 1.807) is 18.2 Å². The lowest BCUT2D eigenvalue weighted by Crippen LogP contribution is -2.25. The molecule has 0 aliphatic heterocycles. The summed E-state index contributed by atoms with van der Waals surface area (Å²) in [6, 6.07) is 14.9. The van der Waals surface area contributed by atoms with Gasteiger partial charge >= 0.3 is 0 Å². The van der Waals surface area contributed by atoms with E-state index in [-0.39, 0.29) is 5.75 Å². The van der Waals surface area contributed by atoms with E-state index >= 15 is 0 Å². The standard InChI is InChI=1S/C15H15BrO2/c1-15(2,11-6-8-12(16)9-7-11)18-14-5-3-4-13(17)10-14/h3-10,17H,1-2H3. The monoisotopic (exact) mass is 306 g/mol. The van der Waals surface area contributed by atoms with Crippen LogP contribution < -0.4 is 4.74 Å². The second-order valence-electron chi connectivity index (χ2n) is 4.62. The van der Waals surface area contributed by atoms with Crippen LogP contribution in [0.1, 0.15) is 19.4 Å². The smallest absolute Gasteiger partial charge is 0.128 e. The van der Waals surface area contributed by atoms with Crippen LogP contribution >= 0.6 is 15.9 Å². The van der Waals surface area contributed by atoms with Gasteiger partial charge in [0.05, 0.1) is 0 Å². The van der Waals surface area contributed by atoms with Crippen molar-refractivity contribution in [1.29, 1.82) is 0 Å². The number of rotatable bonds is 3. The van der Waals surface area contributed by atoms with Crippen molar-refractivity contribution in [2.45, 2.75) is 19.4 Å². The summed E-state index contributed by atoms with van der Waals surface area (Å²) < 4.78 is 6.97. The average Bonchev–Trinajstić information content (AvgIpc) is 2.29. The Balaban J connectivity index is 2.23. The minimum absolute atomic E-state index is 0.208. The van der Waals surface area contributed by atoms with E-state index in [0.29, 0.717) is 5.75 Å². The molecule has 1 N–H and O–H groups in total. The molecule has 3 heteroatoms. The van der Waals surface area contributed by atoms with Crippen molar-refractivity contribution in [1.82, 2.24) is 0 Å². The fourth-order valence-electron chi connectivity index (χ4n) is 1.75. The maximum atomic E-state index is 9.43. The van der Waals surface area contributed by atoms with Gasteiger partial charge in [0.2, 0.25) is 0 Å². The maximum Gasteiger partial charge on any atom is 0.128 e. The van der Waals surface area contributed by atoms with Crippen molar-refractivity contribution < 1.29 is 9.84 Å². The van der Waals surface area contributed by atoms with Gasteiger partial charge in [0, 0.05) is 10.5 Å². The predicted molar refractivity (Wildman–Crippen MR) is 75.9 cm³/mol. The third-order valence-corrected chi connectivity index (χ3v) is 3.26. The van der Waals surface area contributed by atoms with Gasteiger partial charge in [-0.2, -0.15) is 0 Å². The summed E-state index contributed by atoms with van der Waals surface area (Å²) in [7, 11) is 0. The molecule has 0 amide bonds. The van der Waals surface area contributed by atoms with Crippen molar-refractivity contribution in [3.8, 4) is 11.5 Å². The highest BCUT2D eigenvalue weighted by Gasteiger charge is 2.22. The summed E-state index contributed by atoms with van der Waals surface area (Å²) in [4.78, 5) is 0. The molecular formula is C15H15BrO2.